The molecule has 0 aliphatic rings. The lowest BCUT2D eigenvalue weighted by atomic mass is 10.0. The summed E-state index contributed by atoms with van der Waals surface area (Å²) in [5, 5.41) is 9.01. The van der Waals surface area contributed by atoms with Crippen LogP contribution in [0.3, 0.4) is 0 Å². The number of rotatable bonds is 15. The van der Waals surface area contributed by atoms with Crippen molar-refractivity contribution in [2.45, 2.75) is 103 Å². The smallest absolute Gasteiger partial charge is 0.312 e. The summed E-state index contributed by atoms with van der Waals surface area (Å²) in [6.07, 6.45) is 6.17. The second-order valence-electron chi connectivity index (χ2n) is 12.3. The molecule has 204 valence electrons. The summed E-state index contributed by atoms with van der Waals surface area (Å²) in [6, 6.07) is 21.0. The number of nitriles is 1. The van der Waals surface area contributed by atoms with Crippen LogP contribution in [0, 0.1) is 11.3 Å². The molecule has 0 atom stereocenters. The molecule has 2 aromatic carbocycles. The second kappa shape index (κ2) is 13.7. The minimum atomic E-state index is -2.32. The van der Waals surface area contributed by atoms with Crippen molar-refractivity contribution in [2.75, 3.05) is 0 Å². The first-order chi connectivity index (χ1) is 17.2. The number of benzene rings is 2. The molecule has 2 aromatic rings. The third-order valence-corrected chi connectivity index (χ3v) is 21.8. The average Bonchev–Trinajstić information content (AvgIpc) is 2.79. The van der Waals surface area contributed by atoms with Crippen molar-refractivity contribution in [2.24, 2.45) is 0 Å². The SMILES string of the molecule is CCCCCC[Si](C)(C)O[Si](C)(C)O[Si](C)(C)O[Si](C)(C)CCc1ccc(-c2ccc(C#N)cc2)cc1. The van der Waals surface area contributed by atoms with Crippen LogP contribution >= 0.6 is 0 Å². The van der Waals surface area contributed by atoms with E-state index in [1.165, 1.54) is 42.9 Å². The highest BCUT2D eigenvalue weighted by Crippen LogP contribution is 2.28. The van der Waals surface area contributed by atoms with E-state index in [-0.39, 0.29) is 0 Å². The normalized spacial score (nSPS) is 13.0. The van der Waals surface area contributed by atoms with Gasteiger partial charge in [0, 0.05) is 0 Å². The Hall–Kier alpha value is -1.32. The Morgan fingerprint density at radius 3 is 1.59 bits per heavy atom. The van der Waals surface area contributed by atoms with E-state index >= 15 is 0 Å². The Morgan fingerprint density at radius 2 is 1.11 bits per heavy atom. The summed E-state index contributed by atoms with van der Waals surface area (Å²) >= 11 is 0. The second-order valence-corrected chi connectivity index (χ2v) is 28.4. The topological polar surface area (TPSA) is 51.5 Å². The van der Waals surface area contributed by atoms with Crippen LogP contribution in [0.15, 0.2) is 48.5 Å². The summed E-state index contributed by atoms with van der Waals surface area (Å²) < 4.78 is 20.3. The van der Waals surface area contributed by atoms with Crippen LogP contribution in [0.5, 0.6) is 0 Å². The maximum absolute atomic E-state index is 9.01. The fraction of sp³-hybridized carbons (Fsp3) is 0.552. The van der Waals surface area contributed by atoms with Gasteiger partial charge in [-0.15, -0.1) is 0 Å². The van der Waals surface area contributed by atoms with Gasteiger partial charge in [0.05, 0.1) is 11.6 Å². The van der Waals surface area contributed by atoms with E-state index in [1.54, 1.807) is 0 Å². The summed E-state index contributed by atoms with van der Waals surface area (Å²) in [4.78, 5) is 0. The van der Waals surface area contributed by atoms with E-state index in [0.29, 0.717) is 5.56 Å². The zero-order valence-electron chi connectivity index (χ0n) is 24.7. The molecule has 0 aliphatic carbocycles. The van der Waals surface area contributed by atoms with Gasteiger partial charge in [0.1, 0.15) is 0 Å². The van der Waals surface area contributed by atoms with Crippen molar-refractivity contribution < 1.29 is 12.3 Å². The molecule has 0 unspecified atom stereocenters. The van der Waals surface area contributed by atoms with E-state index in [1.807, 2.05) is 24.3 Å². The molecule has 0 saturated carbocycles. The van der Waals surface area contributed by atoms with Crippen LogP contribution in [0.1, 0.15) is 43.7 Å². The first-order valence-electron chi connectivity index (χ1n) is 13.9. The molecule has 0 aliphatic heterocycles. The molecular formula is C29H49NO3Si4. The Bertz CT molecular complexity index is 1010. The van der Waals surface area contributed by atoms with Crippen molar-refractivity contribution in [3.8, 4) is 17.2 Å². The summed E-state index contributed by atoms with van der Waals surface area (Å²) in [5.41, 5.74) is 4.33. The third-order valence-electron chi connectivity index (χ3n) is 6.49. The molecule has 0 amide bonds. The zero-order valence-corrected chi connectivity index (χ0v) is 28.7. The molecule has 8 heteroatoms. The molecule has 4 nitrogen and oxygen atoms in total. The van der Waals surface area contributed by atoms with E-state index in [4.69, 9.17) is 17.6 Å². The Kier molecular flexibility index (Phi) is 11.8. The number of unbranched alkanes of at least 4 members (excludes halogenated alkanes) is 3. The van der Waals surface area contributed by atoms with Crippen LogP contribution in [0.4, 0.5) is 0 Å². The van der Waals surface area contributed by atoms with Crippen LogP contribution in [0.25, 0.3) is 11.1 Å². The lowest BCUT2D eigenvalue weighted by molar-refractivity contribution is 0.327. The third kappa shape index (κ3) is 11.9. The lowest BCUT2D eigenvalue weighted by Gasteiger charge is -2.41. The Morgan fingerprint density at radius 1 is 0.622 bits per heavy atom. The summed E-state index contributed by atoms with van der Waals surface area (Å²) in [5.74, 6) is 0. The van der Waals surface area contributed by atoms with E-state index < -0.39 is 33.8 Å². The van der Waals surface area contributed by atoms with Crippen molar-refractivity contribution in [3.63, 3.8) is 0 Å². The van der Waals surface area contributed by atoms with Crippen molar-refractivity contribution in [3.05, 3.63) is 59.7 Å². The van der Waals surface area contributed by atoms with Crippen LogP contribution in [-0.2, 0) is 18.8 Å². The van der Waals surface area contributed by atoms with Crippen LogP contribution in [0.2, 0.25) is 64.5 Å². The fourth-order valence-corrected chi connectivity index (χ4v) is 24.4. The van der Waals surface area contributed by atoms with Gasteiger partial charge in [-0.2, -0.15) is 5.26 Å². The number of hydrogen-bond acceptors (Lipinski definition) is 4. The highest BCUT2D eigenvalue weighted by atomic mass is 28.5. The maximum Gasteiger partial charge on any atom is 0.312 e. The van der Waals surface area contributed by atoms with Crippen molar-refractivity contribution in [1.29, 1.82) is 5.26 Å². The highest BCUT2D eigenvalue weighted by Gasteiger charge is 2.43. The Balaban J connectivity index is 1.90. The lowest BCUT2D eigenvalue weighted by Crippen LogP contribution is -2.56. The summed E-state index contributed by atoms with van der Waals surface area (Å²) in [6.45, 7) is 20.4. The predicted molar refractivity (Wildman–Crippen MR) is 167 cm³/mol. The molecule has 0 heterocycles. The van der Waals surface area contributed by atoms with Crippen molar-refractivity contribution >= 4 is 33.8 Å². The van der Waals surface area contributed by atoms with Gasteiger partial charge in [0.2, 0.25) is 0 Å². The van der Waals surface area contributed by atoms with Gasteiger partial charge >= 0.3 is 17.1 Å². The first-order valence-corrected chi connectivity index (χ1v) is 25.7. The van der Waals surface area contributed by atoms with Gasteiger partial charge < -0.3 is 12.3 Å². The quantitative estimate of drug-likeness (QED) is 0.158. The molecular weight excluding hydrogens is 523 g/mol. The molecule has 0 spiro atoms. The minimum absolute atomic E-state index is 0.689. The van der Waals surface area contributed by atoms with E-state index in [9.17, 15) is 0 Å². The zero-order chi connectivity index (χ0) is 27.7. The number of aryl methyl sites for hydroxylation is 1. The molecule has 0 bridgehead atoms. The van der Waals surface area contributed by atoms with Crippen LogP contribution < -0.4 is 0 Å². The monoisotopic (exact) mass is 571 g/mol. The van der Waals surface area contributed by atoms with Gasteiger partial charge in [0.15, 0.2) is 16.6 Å². The minimum Gasteiger partial charge on any atom is -0.436 e. The summed E-state index contributed by atoms with van der Waals surface area (Å²) in [7, 11) is -8.24. The van der Waals surface area contributed by atoms with Gasteiger partial charge in [-0.25, -0.2) is 0 Å². The highest BCUT2D eigenvalue weighted by molar-refractivity contribution is 6.89. The van der Waals surface area contributed by atoms with Gasteiger partial charge in [-0.05, 0) is 99.7 Å². The molecule has 0 radical (unpaired) electrons. The largest absolute Gasteiger partial charge is 0.436 e. The van der Waals surface area contributed by atoms with Gasteiger partial charge in [-0.3, -0.25) is 0 Å². The number of nitrogens with zero attached hydrogens (tertiary/aromatic N) is 1. The first kappa shape index (κ1) is 31.9. The fourth-order valence-electron chi connectivity index (χ4n) is 5.09. The molecule has 2 rings (SSSR count). The molecule has 37 heavy (non-hydrogen) atoms. The number of hydrogen-bond donors (Lipinski definition) is 0. The van der Waals surface area contributed by atoms with Crippen molar-refractivity contribution in [1.82, 2.24) is 0 Å². The van der Waals surface area contributed by atoms with E-state index in [2.05, 4.69) is 89.6 Å². The standard InChI is InChI=1S/C29H49NO3Si4/c1-10-11-12-13-23-34(2,3)31-36(6,7)33-37(8,9)32-35(4,5)24-22-26-14-18-28(19-15-26)29-20-16-27(25-30)17-21-29/h14-21H,10-13,22-24H2,1-9H3. The average molecular weight is 572 g/mol. The molecule has 0 fully saturated rings. The van der Waals surface area contributed by atoms with E-state index in [0.717, 1.165) is 18.0 Å². The van der Waals surface area contributed by atoms with Gasteiger partial charge in [0.25, 0.3) is 0 Å². The molecule has 0 N–H and O–H groups in total. The predicted octanol–water partition coefficient (Wildman–Crippen LogP) is 9.21. The Labute approximate surface area is 231 Å². The molecule has 0 saturated heterocycles. The van der Waals surface area contributed by atoms with Gasteiger partial charge in [-0.1, -0.05) is 69.0 Å². The maximum atomic E-state index is 9.01. The molecule has 0 aromatic heterocycles. The van der Waals surface area contributed by atoms with Crippen LogP contribution in [-0.4, -0.2) is 33.8 Å².